The lowest BCUT2D eigenvalue weighted by molar-refractivity contribution is 0.173. The van der Waals surface area contributed by atoms with Crippen LogP contribution in [0.25, 0.3) is 0 Å². The van der Waals surface area contributed by atoms with Crippen molar-refractivity contribution in [2.24, 2.45) is 17.6 Å². The third-order valence-corrected chi connectivity index (χ3v) is 3.18. The van der Waals surface area contributed by atoms with Gasteiger partial charge in [0.15, 0.2) is 0 Å². The Morgan fingerprint density at radius 2 is 2.20 bits per heavy atom. The van der Waals surface area contributed by atoms with Gasteiger partial charge < -0.3 is 15.4 Å². The summed E-state index contributed by atoms with van der Waals surface area (Å²) in [5.74, 6) is 1.35. The summed E-state index contributed by atoms with van der Waals surface area (Å²) in [4.78, 5) is 2.35. The molecule has 0 amide bonds. The van der Waals surface area contributed by atoms with E-state index in [9.17, 15) is 0 Å². The standard InChI is InChI=1S/C12H26N2O/c1-10(2)4-6-14(3)8-12(13)11-5-7-15-9-11/h10-12H,4-9,13H2,1-3H3. The van der Waals surface area contributed by atoms with Crippen LogP contribution in [0.1, 0.15) is 26.7 Å². The highest BCUT2D eigenvalue weighted by Gasteiger charge is 2.23. The quantitative estimate of drug-likeness (QED) is 0.725. The Morgan fingerprint density at radius 1 is 1.47 bits per heavy atom. The first-order valence-electron chi connectivity index (χ1n) is 6.11. The molecule has 3 nitrogen and oxygen atoms in total. The molecule has 1 rings (SSSR count). The topological polar surface area (TPSA) is 38.5 Å². The van der Waals surface area contributed by atoms with Crippen LogP contribution in [0.5, 0.6) is 0 Å². The normalized spacial score (nSPS) is 24.0. The summed E-state index contributed by atoms with van der Waals surface area (Å²) >= 11 is 0. The molecule has 0 saturated carbocycles. The molecule has 0 radical (unpaired) electrons. The third-order valence-electron chi connectivity index (χ3n) is 3.18. The fraction of sp³-hybridized carbons (Fsp3) is 1.00. The number of rotatable bonds is 6. The molecule has 0 aromatic rings. The van der Waals surface area contributed by atoms with E-state index < -0.39 is 0 Å². The Labute approximate surface area is 94.0 Å². The maximum Gasteiger partial charge on any atom is 0.0510 e. The molecule has 15 heavy (non-hydrogen) atoms. The van der Waals surface area contributed by atoms with Crippen LogP contribution in [-0.2, 0) is 4.74 Å². The number of hydrogen-bond donors (Lipinski definition) is 1. The number of nitrogens with two attached hydrogens (primary N) is 1. The average Bonchev–Trinajstić information content (AvgIpc) is 2.67. The summed E-state index contributed by atoms with van der Waals surface area (Å²) in [6, 6.07) is 0.282. The van der Waals surface area contributed by atoms with Crippen molar-refractivity contribution in [3.63, 3.8) is 0 Å². The van der Waals surface area contributed by atoms with E-state index in [0.29, 0.717) is 5.92 Å². The number of nitrogens with zero attached hydrogens (tertiary/aromatic N) is 1. The largest absolute Gasteiger partial charge is 0.381 e. The number of likely N-dealkylation sites (N-methyl/N-ethyl adjacent to an activating group) is 1. The Kier molecular flexibility index (Phi) is 5.58. The van der Waals surface area contributed by atoms with Gasteiger partial charge in [-0.3, -0.25) is 0 Å². The maximum absolute atomic E-state index is 6.16. The first-order chi connectivity index (χ1) is 7.09. The van der Waals surface area contributed by atoms with Crippen molar-refractivity contribution >= 4 is 0 Å². The highest BCUT2D eigenvalue weighted by atomic mass is 16.5. The second kappa shape index (κ2) is 6.46. The van der Waals surface area contributed by atoms with Gasteiger partial charge in [-0.1, -0.05) is 13.8 Å². The molecule has 90 valence electrons. The lowest BCUT2D eigenvalue weighted by atomic mass is 9.99. The minimum Gasteiger partial charge on any atom is -0.381 e. The summed E-state index contributed by atoms with van der Waals surface area (Å²) in [5.41, 5.74) is 6.16. The summed E-state index contributed by atoms with van der Waals surface area (Å²) in [5, 5.41) is 0. The van der Waals surface area contributed by atoms with Crippen LogP contribution in [0.3, 0.4) is 0 Å². The van der Waals surface area contributed by atoms with Gasteiger partial charge in [0.2, 0.25) is 0 Å². The zero-order valence-electron chi connectivity index (χ0n) is 10.4. The van der Waals surface area contributed by atoms with E-state index in [1.807, 2.05) is 0 Å². The Bertz CT molecular complexity index is 167. The van der Waals surface area contributed by atoms with Crippen LogP contribution in [0, 0.1) is 11.8 Å². The van der Waals surface area contributed by atoms with E-state index in [4.69, 9.17) is 10.5 Å². The minimum atomic E-state index is 0.282. The van der Waals surface area contributed by atoms with E-state index in [1.165, 1.54) is 6.42 Å². The molecule has 2 atom stereocenters. The lowest BCUT2D eigenvalue weighted by Gasteiger charge is -2.25. The molecule has 1 aliphatic heterocycles. The Hall–Kier alpha value is -0.120. The zero-order valence-corrected chi connectivity index (χ0v) is 10.4. The molecule has 1 heterocycles. The fourth-order valence-corrected chi connectivity index (χ4v) is 1.97. The minimum absolute atomic E-state index is 0.282. The molecule has 0 spiro atoms. The van der Waals surface area contributed by atoms with E-state index in [2.05, 4.69) is 25.8 Å². The molecule has 0 aliphatic carbocycles. The molecule has 0 aromatic heterocycles. The van der Waals surface area contributed by atoms with Crippen molar-refractivity contribution in [3.05, 3.63) is 0 Å². The molecule has 3 heteroatoms. The summed E-state index contributed by atoms with van der Waals surface area (Å²) in [7, 11) is 2.16. The van der Waals surface area contributed by atoms with Crippen LogP contribution in [0.2, 0.25) is 0 Å². The van der Waals surface area contributed by atoms with Crippen molar-refractivity contribution < 1.29 is 4.74 Å². The van der Waals surface area contributed by atoms with Gasteiger partial charge in [0.05, 0.1) is 6.61 Å². The molecule has 0 aromatic carbocycles. The van der Waals surface area contributed by atoms with Gasteiger partial charge in [0, 0.05) is 25.1 Å². The molecule has 1 aliphatic rings. The predicted molar refractivity (Wildman–Crippen MR) is 63.9 cm³/mol. The Morgan fingerprint density at radius 3 is 2.73 bits per heavy atom. The van der Waals surface area contributed by atoms with Gasteiger partial charge in [0.1, 0.15) is 0 Å². The SMILES string of the molecule is CC(C)CCN(C)CC(N)C1CCOC1. The smallest absolute Gasteiger partial charge is 0.0510 e. The third kappa shape index (κ3) is 4.96. The first-order valence-corrected chi connectivity index (χ1v) is 6.11. The second-order valence-corrected chi connectivity index (χ2v) is 5.23. The van der Waals surface area contributed by atoms with E-state index in [-0.39, 0.29) is 6.04 Å². The van der Waals surface area contributed by atoms with Crippen molar-refractivity contribution in [2.45, 2.75) is 32.7 Å². The summed E-state index contributed by atoms with van der Waals surface area (Å²) < 4.78 is 5.36. The van der Waals surface area contributed by atoms with Crippen molar-refractivity contribution in [2.75, 3.05) is 33.4 Å². The molecular weight excluding hydrogens is 188 g/mol. The van der Waals surface area contributed by atoms with Crippen LogP contribution in [0.15, 0.2) is 0 Å². The van der Waals surface area contributed by atoms with Crippen LogP contribution in [-0.4, -0.2) is 44.3 Å². The Balaban J connectivity index is 2.15. The molecule has 0 bridgehead atoms. The van der Waals surface area contributed by atoms with Crippen LogP contribution < -0.4 is 5.73 Å². The maximum atomic E-state index is 6.16. The van der Waals surface area contributed by atoms with E-state index >= 15 is 0 Å². The van der Waals surface area contributed by atoms with Crippen molar-refractivity contribution in [3.8, 4) is 0 Å². The predicted octanol–water partition coefficient (Wildman–Crippen LogP) is 1.33. The number of hydrogen-bond acceptors (Lipinski definition) is 3. The molecule has 2 unspecified atom stereocenters. The van der Waals surface area contributed by atoms with Gasteiger partial charge in [-0.25, -0.2) is 0 Å². The van der Waals surface area contributed by atoms with Crippen LogP contribution in [0.4, 0.5) is 0 Å². The van der Waals surface area contributed by atoms with E-state index in [0.717, 1.165) is 38.6 Å². The summed E-state index contributed by atoms with van der Waals surface area (Å²) in [6.45, 7) is 8.43. The van der Waals surface area contributed by atoms with Crippen molar-refractivity contribution in [1.82, 2.24) is 4.90 Å². The summed E-state index contributed by atoms with van der Waals surface area (Å²) in [6.07, 6.45) is 2.39. The highest BCUT2D eigenvalue weighted by molar-refractivity contribution is 4.78. The monoisotopic (exact) mass is 214 g/mol. The molecule has 2 N–H and O–H groups in total. The zero-order chi connectivity index (χ0) is 11.3. The lowest BCUT2D eigenvalue weighted by Crippen LogP contribution is -2.41. The average molecular weight is 214 g/mol. The van der Waals surface area contributed by atoms with Gasteiger partial charge in [-0.05, 0) is 32.4 Å². The van der Waals surface area contributed by atoms with Gasteiger partial charge in [0.25, 0.3) is 0 Å². The number of ether oxygens (including phenoxy) is 1. The van der Waals surface area contributed by atoms with Crippen LogP contribution >= 0.6 is 0 Å². The van der Waals surface area contributed by atoms with Gasteiger partial charge >= 0.3 is 0 Å². The molecule has 1 fully saturated rings. The second-order valence-electron chi connectivity index (χ2n) is 5.23. The molecule has 1 saturated heterocycles. The molecular formula is C12H26N2O. The van der Waals surface area contributed by atoms with Gasteiger partial charge in [-0.15, -0.1) is 0 Å². The van der Waals surface area contributed by atoms with Crippen molar-refractivity contribution in [1.29, 1.82) is 0 Å². The fourth-order valence-electron chi connectivity index (χ4n) is 1.97. The highest BCUT2D eigenvalue weighted by Crippen LogP contribution is 2.16. The van der Waals surface area contributed by atoms with E-state index in [1.54, 1.807) is 0 Å². The first kappa shape index (κ1) is 12.9. The van der Waals surface area contributed by atoms with Gasteiger partial charge in [-0.2, -0.15) is 0 Å².